The highest BCUT2D eigenvalue weighted by Gasteiger charge is 2.36. The van der Waals surface area contributed by atoms with E-state index in [1.807, 2.05) is 0 Å². The maximum Gasteiger partial charge on any atom is 0.338 e. The third-order valence-corrected chi connectivity index (χ3v) is 8.65. The Morgan fingerprint density at radius 3 is 1.16 bits per heavy atom. The normalized spacial score (nSPS) is 12.0. The smallest absolute Gasteiger partial charge is 0.338 e. The summed E-state index contributed by atoms with van der Waals surface area (Å²) in [7, 11) is -1.97. The van der Waals surface area contributed by atoms with Gasteiger partial charge in [-0.15, -0.1) is 0 Å². The number of hydrogen-bond donors (Lipinski definition) is 0. The summed E-state index contributed by atoms with van der Waals surface area (Å²) in [4.78, 5) is 0. The lowest BCUT2D eigenvalue weighted by atomic mass is 10.1. The molecule has 0 radical (unpaired) electrons. The van der Waals surface area contributed by atoms with Crippen molar-refractivity contribution in [1.82, 2.24) is 0 Å². The zero-order chi connectivity index (χ0) is 18.6. The molecule has 0 amide bonds. The first-order chi connectivity index (χ1) is 12.2. The summed E-state index contributed by atoms with van der Waals surface area (Å²) in [6.45, 7) is 10.8. The second kappa shape index (κ2) is 18.9. The van der Waals surface area contributed by atoms with Crippen LogP contribution in [0.3, 0.4) is 0 Å². The van der Waals surface area contributed by atoms with Crippen LogP contribution in [0, 0.1) is 0 Å². The van der Waals surface area contributed by atoms with Crippen LogP contribution in [0.2, 0.25) is 12.1 Å². The van der Waals surface area contributed by atoms with Gasteiger partial charge in [0.05, 0.1) is 0 Å². The van der Waals surface area contributed by atoms with Crippen molar-refractivity contribution in [1.29, 1.82) is 0 Å². The van der Waals surface area contributed by atoms with Crippen LogP contribution >= 0.6 is 0 Å². The first kappa shape index (κ1) is 25.1. The van der Waals surface area contributed by atoms with Gasteiger partial charge in [-0.2, -0.15) is 0 Å². The van der Waals surface area contributed by atoms with Crippen molar-refractivity contribution in [2.75, 3.05) is 13.2 Å². The minimum atomic E-state index is -1.97. The molecule has 3 heteroatoms. The van der Waals surface area contributed by atoms with Gasteiger partial charge in [-0.05, 0) is 24.9 Å². The molecule has 25 heavy (non-hydrogen) atoms. The summed E-state index contributed by atoms with van der Waals surface area (Å²) >= 11 is 0. The van der Waals surface area contributed by atoms with Crippen LogP contribution in [-0.4, -0.2) is 21.8 Å². The molecule has 152 valence electrons. The van der Waals surface area contributed by atoms with E-state index in [-0.39, 0.29) is 0 Å². The largest absolute Gasteiger partial charge is 0.394 e. The van der Waals surface area contributed by atoms with E-state index in [1.165, 1.54) is 89.1 Å². The maximum atomic E-state index is 6.45. The molecule has 0 aliphatic heterocycles. The lowest BCUT2D eigenvalue weighted by Crippen LogP contribution is -2.42. The highest BCUT2D eigenvalue weighted by molar-refractivity contribution is 6.67. The summed E-state index contributed by atoms with van der Waals surface area (Å²) in [5, 5.41) is 0. The molecule has 0 aliphatic rings. The third-order valence-electron chi connectivity index (χ3n) is 4.96. The molecule has 0 heterocycles. The van der Waals surface area contributed by atoms with Crippen molar-refractivity contribution >= 4 is 8.56 Å². The summed E-state index contributed by atoms with van der Waals surface area (Å²) in [6.07, 6.45) is 18.5. The van der Waals surface area contributed by atoms with Crippen molar-refractivity contribution in [3.8, 4) is 0 Å². The lowest BCUT2D eigenvalue weighted by Gasteiger charge is -2.31. The monoisotopic (exact) mass is 372 g/mol. The Kier molecular flexibility index (Phi) is 19.0. The predicted molar refractivity (Wildman–Crippen MR) is 115 cm³/mol. The average molecular weight is 373 g/mol. The van der Waals surface area contributed by atoms with Crippen molar-refractivity contribution < 1.29 is 8.85 Å². The first-order valence-corrected chi connectivity index (χ1v) is 13.8. The van der Waals surface area contributed by atoms with Gasteiger partial charge in [-0.3, -0.25) is 0 Å². The predicted octanol–water partition coefficient (Wildman–Crippen LogP) is 8.00. The summed E-state index contributed by atoms with van der Waals surface area (Å²) in [5.41, 5.74) is 0. The molecule has 0 N–H and O–H groups in total. The Hall–Kier alpha value is 0.137. The SMILES string of the molecule is CCCCCCCC[Si](CCCCCCCC)(OCCC)OCCC. The Bertz CT molecular complexity index is 232. The fourth-order valence-corrected chi connectivity index (χ4v) is 7.02. The summed E-state index contributed by atoms with van der Waals surface area (Å²) in [6, 6.07) is 2.43. The second-order valence-corrected chi connectivity index (χ2v) is 11.0. The van der Waals surface area contributed by atoms with Gasteiger partial charge in [0, 0.05) is 13.2 Å². The Balaban J connectivity index is 4.35. The fourth-order valence-electron chi connectivity index (χ4n) is 3.38. The van der Waals surface area contributed by atoms with Gasteiger partial charge in [0.25, 0.3) is 0 Å². The van der Waals surface area contributed by atoms with Gasteiger partial charge in [-0.1, -0.05) is 105 Å². The van der Waals surface area contributed by atoms with E-state index < -0.39 is 8.56 Å². The Morgan fingerprint density at radius 1 is 0.440 bits per heavy atom. The van der Waals surface area contributed by atoms with Gasteiger partial charge in [0.1, 0.15) is 0 Å². The van der Waals surface area contributed by atoms with E-state index in [4.69, 9.17) is 8.85 Å². The molecule has 0 saturated carbocycles. The van der Waals surface area contributed by atoms with Crippen molar-refractivity contribution in [2.24, 2.45) is 0 Å². The van der Waals surface area contributed by atoms with Gasteiger partial charge in [0.15, 0.2) is 0 Å². The maximum absolute atomic E-state index is 6.45. The van der Waals surface area contributed by atoms with E-state index >= 15 is 0 Å². The Labute approximate surface area is 160 Å². The van der Waals surface area contributed by atoms with Crippen molar-refractivity contribution in [3.63, 3.8) is 0 Å². The molecular weight excluding hydrogens is 324 g/mol. The van der Waals surface area contributed by atoms with Crippen LogP contribution in [0.15, 0.2) is 0 Å². The molecule has 0 atom stereocenters. The molecule has 0 bridgehead atoms. The minimum Gasteiger partial charge on any atom is -0.394 e. The quantitative estimate of drug-likeness (QED) is 0.159. The van der Waals surface area contributed by atoms with Crippen LogP contribution in [0.5, 0.6) is 0 Å². The van der Waals surface area contributed by atoms with Gasteiger partial charge in [-0.25, -0.2) is 0 Å². The number of rotatable bonds is 20. The molecule has 0 aromatic carbocycles. The molecule has 0 fully saturated rings. The highest BCUT2D eigenvalue weighted by atomic mass is 28.4. The van der Waals surface area contributed by atoms with Crippen LogP contribution in [0.4, 0.5) is 0 Å². The molecular formula is C22H48O2Si. The molecule has 0 unspecified atom stereocenters. The molecule has 0 aliphatic carbocycles. The standard InChI is InChI=1S/C22H48O2Si/c1-5-9-11-13-15-17-21-25(23-19-7-3,24-20-8-4)22-18-16-14-12-10-6-2/h5-22H2,1-4H3. The topological polar surface area (TPSA) is 18.5 Å². The fraction of sp³-hybridized carbons (Fsp3) is 1.00. The van der Waals surface area contributed by atoms with Crippen LogP contribution in [0.25, 0.3) is 0 Å². The molecule has 0 spiro atoms. The van der Waals surface area contributed by atoms with E-state index in [1.54, 1.807) is 0 Å². The van der Waals surface area contributed by atoms with Gasteiger partial charge < -0.3 is 8.85 Å². The van der Waals surface area contributed by atoms with E-state index in [2.05, 4.69) is 27.7 Å². The molecule has 2 nitrogen and oxygen atoms in total. The molecule has 0 rings (SSSR count). The third kappa shape index (κ3) is 14.9. The van der Waals surface area contributed by atoms with Crippen LogP contribution < -0.4 is 0 Å². The second-order valence-electron chi connectivity index (χ2n) is 7.64. The average Bonchev–Trinajstić information content (AvgIpc) is 2.63. The van der Waals surface area contributed by atoms with E-state index in [0.29, 0.717) is 0 Å². The summed E-state index contributed by atoms with van der Waals surface area (Å²) in [5.74, 6) is 0. The zero-order valence-corrected chi connectivity index (χ0v) is 19.0. The van der Waals surface area contributed by atoms with Crippen molar-refractivity contribution in [2.45, 2.75) is 130 Å². The zero-order valence-electron chi connectivity index (χ0n) is 18.0. The Morgan fingerprint density at radius 2 is 0.800 bits per heavy atom. The van der Waals surface area contributed by atoms with Gasteiger partial charge in [0.2, 0.25) is 0 Å². The van der Waals surface area contributed by atoms with E-state index in [9.17, 15) is 0 Å². The first-order valence-electron chi connectivity index (χ1n) is 11.5. The summed E-state index contributed by atoms with van der Waals surface area (Å²) < 4.78 is 12.9. The molecule has 0 aromatic rings. The van der Waals surface area contributed by atoms with Crippen molar-refractivity contribution in [3.05, 3.63) is 0 Å². The van der Waals surface area contributed by atoms with Crippen LogP contribution in [0.1, 0.15) is 118 Å². The number of hydrogen-bond acceptors (Lipinski definition) is 2. The molecule has 0 saturated heterocycles. The minimum absolute atomic E-state index is 0.890. The number of unbranched alkanes of at least 4 members (excludes halogenated alkanes) is 10. The lowest BCUT2D eigenvalue weighted by molar-refractivity contribution is 0.165. The van der Waals surface area contributed by atoms with E-state index in [0.717, 1.165) is 26.1 Å². The molecule has 0 aromatic heterocycles. The highest BCUT2D eigenvalue weighted by Crippen LogP contribution is 2.27. The van der Waals surface area contributed by atoms with Gasteiger partial charge >= 0.3 is 8.56 Å². The van der Waals surface area contributed by atoms with Crippen LogP contribution in [-0.2, 0) is 8.85 Å².